The molecule has 0 rings (SSSR count). The van der Waals surface area contributed by atoms with Crippen molar-refractivity contribution >= 4 is 8.32 Å². The Morgan fingerprint density at radius 3 is 1.47 bits per heavy atom. The van der Waals surface area contributed by atoms with Crippen molar-refractivity contribution in [2.45, 2.75) is 72.0 Å². The predicted octanol–water partition coefficient (Wildman–Crippen LogP) is 3.65. The van der Waals surface area contributed by atoms with Crippen molar-refractivity contribution in [2.75, 3.05) is 6.61 Å². The molecule has 4 nitrogen and oxygen atoms in total. The third-order valence-electron chi connectivity index (χ3n) is 3.62. The summed E-state index contributed by atoms with van der Waals surface area (Å²) in [6.45, 7) is 17.0. The summed E-state index contributed by atoms with van der Waals surface area (Å²) in [4.78, 5) is 0. The molecule has 0 aliphatic rings. The van der Waals surface area contributed by atoms with Gasteiger partial charge in [-0.1, -0.05) is 0 Å². The fourth-order valence-electron chi connectivity index (χ4n) is 2.89. The third kappa shape index (κ3) is 5.58. The summed E-state index contributed by atoms with van der Waals surface area (Å²) in [5.41, 5.74) is 0.957. The summed E-state index contributed by atoms with van der Waals surface area (Å²) < 4.78 is 31.6. The summed E-state index contributed by atoms with van der Waals surface area (Å²) >= 11 is -4.57. The first-order chi connectivity index (χ1) is 8.45. The molecule has 0 bridgehead atoms. The molecule has 0 aliphatic heterocycles. The van der Waals surface area contributed by atoms with E-state index in [2.05, 4.69) is 41.5 Å². The van der Waals surface area contributed by atoms with Crippen molar-refractivity contribution in [1.82, 2.24) is 0 Å². The summed E-state index contributed by atoms with van der Waals surface area (Å²) in [6, 6.07) is 0. The molecule has 6 heteroatoms. The van der Waals surface area contributed by atoms with Crippen LogP contribution in [0.5, 0.6) is 0 Å². The van der Waals surface area contributed by atoms with Crippen molar-refractivity contribution in [3.8, 4) is 0 Å². The topological polar surface area (TPSA) is 58.9 Å². The van der Waals surface area contributed by atoms with E-state index in [1.165, 1.54) is 0 Å². The Hall–Kier alpha value is 0.771. The summed E-state index contributed by atoms with van der Waals surface area (Å²) in [5, 5.41) is 0. The average molecular weight is 328 g/mol. The standard InChI is InChI=1S/C9H21OSi.C4H9O.2H2O.Ti/c1-7(2)11(10,8(3)4)9(5)6;1-4(2)3-5;;;/h7-9H,1-6H3;4H,3H2,1-2H3;2*1H2;/q2*-1;;;+4/p-2. The van der Waals surface area contributed by atoms with Crippen molar-refractivity contribution in [2.24, 2.45) is 5.92 Å². The first-order valence-corrected chi connectivity index (χ1v) is 12.1. The molecule has 0 aromatic rings. The molecule has 0 fully saturated rings. The van der Waals surface area contributed by atoms with Crippen LogP contribution in [0.4, 0.5) is 0 Å². The Balaban J connectivity index is 5.10. The number of hydrogen-bond acceptors (Lipinski definition) is 4. The zero-order chi connectivity index (χ0) is 15.4. The monoisotopic (exact) mass is 328 g/mol. The van der Waals surface area contributed by atoms with Gasteiger partial charge in [0.1, 0.15) is 0 Å². The fraction of sp³-hybridized carbons (Fsp3) is 1.00. The predicted molar refractivity (Wildman–Crippen MR) is 77.4 cm³/mol. The molecular formula is C13H32O4SiTi. The van der Waals surface area contributed by atoms with Crippen LogP contribution in [0.15, 0.2) is 0 Å². The van der Waals surface area contributed by atoms with Gasteiger partial charge >= 0.3 is 125 Å². The van der Waals surface area contributed by atoms with Crippen LogP contribution < -0.4 is 0 Å². The molecule has 0 unspecified atom stereocenters. The molecule has 0 aromatic heterocycles. The van der Waals surface area contributed by atoms with Gasteiger partial charge in [0.2, 0.25) is 0 Å². The van der Waals surface area contributed by atoms with Crippen molar-refractivity contribution < 1.29 is 31.8 Å². The average Bonchev–Trinajstić information content (AvgIpc) is 2.22. The van der Waals surface area contributed by atoms with Gasteiger partial charge in [-0.15, -0.1) is 0 Å². The zero-order valence-electron chi connectivity index (χ0n) is 13.7. The van der Waals surface area contributed by atoms with E-state index in [0.717, 1.165) is 0 Å². The van der Waals surface area contributed by atoms with Gasteiger partial charge in [-0.3, -0.25) is 0 Å². The van der Waals surface area contributed by atoms with Gasteiger partial charge in [0.15, 0.2) is 0 Å². The van der Waals surface area contributed by atoms with Crippen molar-refractivity contribution in [1.29, 1.82) is 0 Å². The maximum atomic E-state index is 10.2. The Morgan fingerprint density at radius 2 is 1.21 bits per heavy atom. The summed E-state index contributed by atoms with van der Waals surface area (Å²) in [6.07, 6.45) is 0. The normalized spacial score (nSPS) is 14.2. The molecule has 2 N–H and O–H groups in total. The van der Waals surface area contributed by atoms with Gasteiger partial charge in [0.05, 0.1) is 0 Å². The molecule has 0 amide bonds. The van der Waals surface area contributed by atoms with E-state index in [9.17, 15) is 7.38 Å². The van der Waals surface area contributed by atoms with E-state index in [1.54, 1.807) is 0 Å². The van der Waals surface area contributed by atoms with Crippen LogP contribution in [-0.2, 0) is 24.5 Å². The molecule has 0 spiro atoms. The molecule has 0 atom stereocenters. The SMILES string of the molecule is CC(C)C[O][Ti]([OH])([OH])[O][Si](C(C)C)(C(C)C)C(C)C. The van der Waals surface area contributed by atoms with E-state index in [1.807, 2.05) is 13.8 Å². The summed E-state index contributed by atoms with van der Waals surface area (Å²) in [5.74, 6) is 0.265. The quantitative estimate of drug-likeness (QED) is 0.668. The van der Waals surface area contributed by atoms with Crippen LogP contribution in [0.1, 0.15) is 55.4 Å². The first kappa shape index (κ1) is 19.8. The molecule has 0 saturated carbocycles. The van der Waals surface area contributed by atoms with Crippen LogP contribution in [0.3, 0.4) is 0 Å². The minimum atomic E-state index is -4.57. The molecule has 116 valence electrons. The van der Waals surface area contributed by atoms with Crippen molar-refractivity contribution in [3.05, 3.63) is 0 Å². The van der Waals surface area contributed by atoms with E-state index in [0.29, 0.717) is 23.2 Å². The van der Waals surface area contributed by atoms with Gasteiger partial charge in [0, 0.05) is 0 Å². The van der Waals surface area contributed by atoms with E-state index >= 15 is 0 Å². The van der Waals surface area contributed by atoms with E-state index in [-0.39, 0.29) is 5.92 Å². The van der Waals surface area contributed by atoms with Crippen LogP contribution in [0.25, 0.3) is 0 Å². The second-order valence-corrected chi connectivity index (χ2v) is 15.2. The van der Waals surface area contributed by atoms with Gasteiger partial charge in [-0.05, 0) is 0 Å². The molecule has 0 heterocycles. The van der Waals surface area contributed by atoms with Gasteiger partial charge < -0.3 is 0 Å². The van der Waals surface area contributed by atoms with Gasteiger partial charge in [-0.2, -0.15) is 0 Å². The molecule has 0 saturated heterocycles. The Labute approximate surface area is 124 Å². The second-order valence-electron chi connectivity index (χ2n) is 6.67. The van der Waals surface area contributed by atoms with Crippen LogP contribution in [-0.4, -0.2) is 22.3 Å². The van der Waals surface area contributed by atoms with Crippen LogP contribution >= 0.6 is 0 Å². The Bertz CT molecular complexity index is 246. The fourth-order valence-corrected chi connectivity index (χ4v) is 14.7. The Morgan fingerprint density at radius 1 is 0.842 bits per heavy atom. The Kier molecular flexibility index (Phi) is 8.00. The van der Waals surface area contributed by atoms with E-state index in [4.69, 9.17) is 6.33 Å². The van der Waals surface area contributed by atoms with Gasteiger partial charge in [-0.25, -0.2) is 0 Å². The number of hydrogen-bond donors (Lipinski definition) is 2. The first-order valence-electron chi connectivity index (χ1n) is 7.24. The maximum absolute atomic E-state index is 10.2. The third-order valence-corrected chi connectivity index (χ3v) is 13.4. The molecule has 0 radical (unpaired) electrons. The second kappa shape index (κ2) is 7.69. The van der Waals surface area contributed by atoms with Crippen LogP contribution in [0, 0.1) is 5.92 Å². The molecular weight excluding hydrogens is 296 g/mol. The van der Waals surface area contributed by atoms with E-state index < -0.39 is 26.5 Å². The number of rotatable bonds is 8. The zero-order valence-corrected chi connectivity index (χ0v) is 16.3. The molecule has 0 aromatic carbocycles. The molecule has 19 heavy (non-hydrogen) atoms. The van der Waals surface area contributed by atoms with Crippen molar-refractivity contribution in [3.63, 3.8) is 0 Å². The van der Waals surface area contributed by atoms with Gasteiger partial charge in [0.25, 0.3) is 0 Å². The molecule has 0 aliphatic carbocycles. The summed E-state index contributed by atoms with van der Waals surface area (Å²) in [7, 11) is -2.28. The van der Waals surface area contributed by atoms with Crippen LogP contribution in [0.2, 0.25) is 16.6 Å². The minimum absolute atomic E-state index is 0.265.